The number of likely N-dealkylation sites (tertiary alicyclic amines) is 1. The normalized spacial score (nSPS) is 18.2. The highest BCUT2D eigenvalue weighted by Gasteiger charge is 2.25. The molecule has 0 aromatic carbocycles. The Bertz CT molecular complexity index is 976. The number of piperidine rings is 1. The molecule has 1 atom stereocenters. The third-order valence-electron chi connectivity index (χ3n) is 5.20. The zero-order valence-electron chi connectivity index (χ0n) is 15.7. The fraction of sp³-hybridized carbons (Fsp3) is 0.474. The van der Waals surface area contributed by atoms with Gasteiger partial charge in [-0.15, -0.1) is 0 Å². The molecule has 142 valence electrons. The fourth-order valence-electron chi connectivity index (χ4n) is 4.06. The highest BCUT2D eigenvalue weighted by atomic mass is 16.4. The average Bonchev–Trinajstić information content (AvgIpc) is 3.22. The number of aryl methyl sites for hydroxylation is 2. The minimum Gasteiger partial charge on any atom is -0.480 e. The highest BCUT2D eigenvalue weighted by molar-refractivity contribution is 5.66. The fourth-order valence-corrected chi connectivity index (χ4v) is 4.06. The molecule has 4 heterocycles. The molecular formula is C19H24N6O2. The Morgan fingerprint density at radius 3 is 3.00 bits per heavy atom. The topological polar surface area (TPSA) is 88.5 Å². The molecule has 0 bridgehead atoms. The molecule has 1 aliphatic heterocycles. The monoisotopic (exact) mass is 368 g/mol. The van der Waals surface area contributed by atoms with E-state index >= 15 is 0 Å². The van der Waals surface area contributed by atoms with Gasteiger partial charge in [-0.2, -0.15) is 10.2 Å². The molecule has 4 rings (SSSR count). The van der Waals surface area contributed by atoms with E-state index in [1.54, 1.807) is 10.9 Å². The summed E-state index contributed by atoms with van der Waals surface area (Å²) in [4.78, 5) is 18.1. The number of aliphatic carboxylic acids is 1. The van der Waals surface area contributed by atoms with Gasteiger partial charge in [-0.3, -0.25) is 14.4 Å². The smallest absolute Gasteiger partial charge is 0.325 e. The predicted molar refractivity (Wildman–Crippen MR) is 99.6 cm³/mol. The summed E-state index contributed by atoms with van der Waals surface area (Å²) in [6.07, 6.45) is 5.73. The van der Waals surface area contributed by atoms with Crippen LogP contribution in [0, 0.1) is 13.8 Å². The molecule has 1 aliphatic rings. The first-order valence-corrected chi connectivity index (χ1v) is 9.28. The third-order valence-corrected chi connectivity index (χ3v) is 5.20. The Morgan fingerprint density at radius 1 is 1.33 bits per heavy atom. The summed E-state index contributed by atoms with van der Waals surface area (Å²) >= 11 is 0. The van der Waals surface area contributed by atoms with E-state index in [0.717, 1.165) is 60.8 Å². The van der Waals surface area contributed by atoms with E-state index in [1.807, 2.05) is 36.7 Å². The van der Waals surface area contributed by atoms with Gasteiger partial charge in [0.15, 0.2) is 5.65 Å². The van der Waals surface area contributed by atoms with Gasteiger partial charge in [0.05, 0.1) is 6.20 Å². The van der Waals surface area contributed by atoms with Crippen molar-refractivity contribution in [2.24, 2.45) is 0 Å². The van der Waals surface area contributed by atoms with Gasteiger partial charge in [-0.05, 0) is 45.4 Å². The second-order valence-electron chi connectivity index (χ2n) is 7.33. The Morgan fingerprint density at radius 2 is 2.19 bits per heavy atom. The average molecular weight is 368 g/mol. The minimum absolute atomic E-state index is 0.0879. The molecule has 1 unspecified atom stereocenters. The van der Waals surface area contributed by atoms with Crippen LogP contribution in [0.3, 0.4) is 0 Å². The van der Waals surface area contributed by atoms with E-state index < -0.39 is 5.97 Å². The van der Waals surface area contributed by atoms with Crippen LogP contribution in [0.15, 0.2) is 24.5 Å². The van der Waals surface area contributed by atoms with Crippen LogP contribution < -0.4 is 0 Å². The van der Waals surface area contributed by atoms with Gasteiger partial charge in [0.2, 0.25) is 0 Å². The van der Waals surface area contributed by atoms with Gasteiger partial charge >= 0.3 is 5.97 Å². The Hall–Kier alpha value is -2.74. The van der Waals surface area contributed by atoms with Crippen LogP contribution in [0.1, 0.15) is 41.4 Å². The SMILES string of the molecule is Cc1cc(C)n2ncc(CN3CCCC(c4ccnn4CC(=O)O)C3)c2n1. The van der Waals surface area contributed by atoms with Gasteiger partial charge in [0, 0.05) is 47.8 Å². The number of hydrogen-bond donors (Lipinski definition) is 1. The highest BCUT2D eigenvalue weighted by Crippen LogP contribution is 2.28. The first-order valence-electron chi connectivity index (χ1n) is 9.28. The van der Waals surface area contributed by atoms with Crippen LogP contribution in [0.25, 0.3) is 5.65 Å². The van der Waals surface area contributed by atoms with Gasteiger partial charge in [-0.25, -0.2) is 9.50 Å². The van der Waals surface area contributed by atoms with Gasteiger partial charge in [0.1, 0.15) is 6.54 Å². The second-order valence-corrected chi connectivity index (χ2v) is 7.33. The van der Waals surface area contributed by atoms with Gasteiger partial charge < -0.3 is 5.11 Å². The molecular weight excluding hydrogens is 344 g/mol. The number of nitrogens with zero attached hydrogens (tertiary/aromatic N) is 6. The molecule has 0 aliphatic carbocycles. The molecule has 0 radical (unpaired) electrons. The van der Waals surface area contributed by atoms with Crippen molar-refractivity contribution in [3.63, 3.8) is 0 Å². The van der Waals surface area contributed by atoms with Crippen LogP contribution in [0.5, 0.6) is 0 Å². The van der Waals surface area contributed by atoms with Crippen LogP contribution in [0.2, 0.25) is 0 Å². The lowest BCUT2D eigenvalue weighted by Crippen LogP contribution is -2.35. The summed E-state index contributed by atoms with van der Waals surface area (Å²) in [6.45, 7) is 6.65. The number of carboxylic acids is 1. The summed E-state index contributed by atoms with van der Waals surface area (Å²) in [5, 5.41) is 17.8. The van der Waals surface area contributed by atoms with E-state index in [1.165, 1.54) is 0 Å². The number of hydrogen-bond acceptors (Lipinski definition) is 5. The molecule has 1 N–H and O–H groups in total. The zero-order chi connectivity index (χ0) is 19.0. The van der Waals surface area contributed by atoms with Crippen molar-refractivity contribution in [3.8, 4) is 0 Å². The van der Waals surface area contributed by atoms with E-state index in [9.17, 15) is 4.79 Å². The Labute approximate surface area is 157 Å². The lowest BCUT2D eigenvalue weighted by atomic mass is 9.94. The van der Waals surface area contributed by atoms with Crippen molar-refractivity contribution in [2.75, 3.05) is 13.1 Å². The van der Waals surface area contributed by atoms with Crippen molar-refractivity contribution in [1.82, 2.24) is 29.3 Å². The van der Waals surface area contributed by atoms with Crippen molar-refractivity contribution in [3.05, 3.63) is 47.2 Å². The van der Waals surface area contributed by atoms with E-state index in [4.69, 9.17) is 5.11 Å². The molecule has 27 heavy (non-hydrogen) atoms. The molecule has 3 aromatic heterocycles. The number of aromatic nitrogens is 5. The Balaban J connectivity index is 1.53. The molecule has 8 heteroatoms. The van der Waals surface area contributed by atoms with Crippen molar-refractivity contribution in [2.45, 2.75) is 45.7 Å². The lowest BCUT2D eigenvalue weighted by molar-refractivity contribution is -0.137. The molecule has 0 amide bonds. The zero-order valence-corrected chi connectivity index (χ0v) is 15.7. The van der Waals surface area contributed by atoms with Crippen LogP contribution >= 0.6 is 0 Å². The van der Waals surface area contributed by atoms with Crippen LogP contribution in [0.4, 0.5) is 0 Å². The number of rotatable bonds is 5. The standard InChI is InChI=1S/C19H24N6O2/c1-13-8-14(2)25-19(22-13)16(9-21-25)11-23-7-3-4-15(10-23)17-5-6-20-24(17)12-18(26)27/h5-6,8-9,15H,3-4,7,10-12H2,1-2H3,(H,26,27). The van der Waals surface area contributed by atoms with E-state index in [2.05, 4.69) is 20.1 Å². The lowest BCUT2D eigenvalue weighted by Gasteiger charge is -2.32. The largest absolute Gasteiger partial charge is 0.480 e. The molecule has 0 spiro atoms. The van der Waals surface area contributed by atoms with Gasteiger partial charge in [-0.1, -0.05) is 0 Å². The molecule has 8 nitrogen and oxygen atoms in total. The summed E-state index contributed by atoms with van der Waals surface area (Å²) in [6, 6.07) is 3.98. The minimum atomic E-state index is -0.865. The summed E-state index contributed by atoms with van der Waals surface area (Å²) in [5.41, 5.74) is 5.13. The van der Waals surface area contributed by atoms with E-state index in [-0.39, 0.29) is 6.54 Å². The van der Waals surface area contributed by atoms with Crippen LogP contribution in [-0.4, -0.2) is 53.4 Å². The maximum atomic E-state index is 11.1. The number of carboxylic acid groups (broad SMARTS) is 1. The van der Waals surface area contributed by atoms with Crippen molar-refractivity contribution >= 4 is 11.6 Å². The molecule has 1 saturated heterocycles. The second kappa shape index (κ2) is 7.11. The number of carbonyl (C=O) groups is 1. The molecule has 1 fully saturated rings. The van der Waals surface area contributed by atoms with Crippen molar-refractivity contribution < 1.29 is 9.90 Å². The quantitative estimate of drug-likeness (QED) is 0.741. The summed E-state index contributed by atoms with van der Waals surface area (Å²) < 4.78 is 3.51. The van der Waals surface area contributed by atoms with E-state index in [0.29, 0.717) is 5.92 Å². The van der Waals surface area contributed by atoms with Crippen LogP contribution in [-0.2, 0) is 17.9 Å². The Kier molecular flexibility index (Phi) is 4.65. The summed E-state index contributed by atoms with van der Waals surface area (Å²) in [7, 11) is 0. The maximum Gasteiger partial charge on any atom is 0.325 e. The maximum absolute atomic E-state index is 11.1. The third kappa shape index (κ3) is 3.57. The molecule has 3 aromatic rings. The molecule has 0 saturated carbocycles. The predicted octanol–water partition coefficient (Wildman–Crippen LogP) is 2.01. The summed E-state index contributed by atoms with van der Waals surface area (Å²) in [5.74, 6) is -0.574. The first kappa shape index (κ1) is 17.7. The number of fused-ring (bicyclic) bond motifs is 1. The van der Waals surface area contributed by atoms with Crippen molar-refractivity contribution in [1.29, 1.82) is 0 Å². The first-order chi connectivity index (χ1) is 13.0. The van der Waals surface area contributed by atoms with Gasteiger partial charge in [0.25, 0.3) is 0 Å².